The first kappa shape index (κ1) is 33.9. The molecule has 2 amide bonds. The van der Waals surface area contributed by atoms with Crippen molar-refractivity contribution < 1.29 is 43.9 Å². The third-order valence-electron chi connectivity index (χ3n) is 7.67. The lowest BCUT2D eigenvalue weighted by Crippen LogP contribution is -2.48. The molecule has 242 valence electrons. The SMILES string of the molecule is Cc1cccc(CNC(=O)N(C)[C@@H](COC[C@@H](O)COC(O)(O)C=O)COC(=O)CCc2cc3ccccc3cn2)c1C1CC1. The van der Waals surface area contributed by atoms with Crippen molar-refractivity contribution in [2.75, 3.05) is 33.5 Å². The average Bonchev–Trinajstić information content (AvgIpc) is 3.88. The van der Waals surface area contributed by atoms with Gasteiger partial charge >= 0.3 is 18.0 Å². The van der Waals surface area contributed by atoms with Crippen molar-refractivity contribution in [1.82, 2.24) is 15.2 Å². The Balaban J connectivity index is 1.32. The second kappa shape index (κ2) is 15.9. The number of rotatable bonds is 17. The number of amides is 2. The van der Waals surface area contributed by atoms with Gasteiger partial charge in [0.05, 0.1) is 32.3 Å². The quantitative estimate of drug-likeness (QED) is 0.0995. The highest BCUT2D eigenvalue weighted by atomic mass is 16.8. The fourth-order valence-electron chi connectivity index (χ4n) is 4.98. The van der Waals surface area contributed by atoms with Crippen LogP contribution < -0.4 is 5.32 Å². The van der Waals surface area contributed by atoms with E-state index in [1.54, 1.807) is 13.2 Å². The fraction of sp³-hybridized carbons (Fsp3) is 0.455. The number of aryl methyl sites for hydroxylation is 2. The van der Waals surface area contributed by atoms with Crippen molar-refractivity contribution in [1.29, 1.82) is 0 Å². The maximum absolute atomic E-state index is 13.2. The van der Waals surface area contributed by atoms with Crippen LogP contribution >= 0.6 is 0 Å². The molecule has 0 saturated heterocycles. The molecule has 3 aromatic rings. The predicted molar refractivity (Wildman–Crippen MR) is 164 cm³/mol. The molecule has 1 aliphatic carbocycles. The Labute approximate surface area is 261 Å². The van der Waals surface area contributed by atoms with Gasteiger partial charge in [-0.05, 0) is 53.8 Å². The lowest BCUT2D eigenvalue weighted by atomic mass is 9.98. The highest BCUT2D eigenvalue weighted by Crippen LogP contribution is 2.43. The van der Waals surface area contributed by atoms with E-state index in [1.807, 2.05) is 42.5 Å². The molecule has 1 fully saturated rings. The molecule has 0 bridgehead atoms. The molecule has 2 aromatic carbocycles. The summed E-state index contributed by atoms with van der Waals surface area (Å²) in [6, 6.07) is 14.7. The second-order valence-electron chi connectivity index (χ2n) is 11.3. The zero-order valence-corrected chi connectivity index (χ0v) is 25.6. The summed E-state index contributed by atoms with van der Waals surface area (Å²) in [5, 5.41) is 33.5. The van der Waals surface area contributed by atoms with Gasteiger partial charge in [0, 0.05) is 37.3 Å². The molecule has 4 rings (SSSR count). The number of nitrogens with one attached hydrogen (secondary N) is 1. The number of carbonyl (C=O) groups excluding carboxylic acids is 3. The number of aldehydes is 1. The topological polar surface area (TPSA) is 168 Å². The van der Waals surface area contributed by atoms with Crippen LogP contribution in [0.3, 0.4) is 0 Å². The van der Waals surface area contributed by atoms with Crippen molar-refractivity contribution in [3.8, 4) is 0 Å². The number of carbonyl (C=O) groups is 3. The van der Waals surface area contributed by atoms with Crippen LogP contribution in [0.1, 0.15) is 47.6 Å². The van der Waals surface area contributed by atoms with Crippen LogP contribution in [-0.4, -0.2) is 95.1 Å². The number of aromatic nitrogens is 1. The molecular formula is C33H41N3O9. The van der Waals surface area contributed by atoms with Gasteiger partial charge in [0.15, 0.2) is 0 Å². The number of aliphatic hydroxyl groups excluding tert-OH is 1. The molecule has 0 spiro atoms. The van der Waals surface area contributed by atoms with Crippen LogP contribution in [0, 0.1) is 6.92 Å². The molecular weight excluding hydrogens is 582 g/mol. The molecule has 1 aliphatic rings. The predicted octanol–water partition coefficient (Wildman–Crippen LogP) is 2.34. The number of hydrogen-bond donors (Lipinski definition) is 4. The van der Waals surface area contributed by atoms with E-state index in [1.165, 1.54) is 16.0 Å². The van der Waals surface area contributed by atoms with E-state index in [9.17, 15) is 29.7 Å². The lowest BCUT2D eigenvalue weighted by Gasteiger charge is -2.28. The van der Waals surface area contributed by atoms with E-state index in [4.69, 9.17) is 9.47 Å². The first-order chi connectivity index (χ1) is 21.6. The van der Waals surface area contributed by atoms with Crippen LogP contribution in [0.2, 0.25) is 0 Å². The van der Waals surface area contributed by atoms with E-state index in [0.717, 1.165) is 34.9 Å². The summed E-state index contributed by atoms with van der Waals surface area (Å²) in [5.74, 6) is -2.97. The van der Waals surface area contributed by atoms with Gasteiger partial charge in [-0.3, -0.25) is 14.6 Å². The van der Waals surface area contributed by atoms with E-state index in [0.29, 0.717) is 18.9 Å². The average molecular weight is 624 g/mol. The third kappa shape index (κ3) is 10.3. The van der Waals surface area contributed by atoms with Gasteiger partial charge < -0.3 is 39.7 Å². The number of ether oxygens (including phenoxy) is 3. The second-order valence-corrected chi connectivity index (χ2v) is 11.3. The Hall–Kier alpha value is -3.94. The molecule has 1 saturated carbocycles. The van der Waals surface area contributed by atoms with Crippen molar-refractivity contribution in [2.24, 2.45) is 0 Å². The molecule has 0 aliphatic heterocycles. The first-order valence-electron chi connectivity index (χ1n) is 15.0. The number of esters is 1. The summed E-state index contributed by atoms with van der Waals surface area (Å²) >= 11 is 0. The minimum Gasteiger partial charge on any atom is -0.463 e. The fourth-order valence-corrected chi connectivity index (χ4v) is 4.98. The van der Waals surface area contributed by atoms with Crippen LogP contribution in [0.15, 0.2) is 54.7 Å². The van der Waals surface area contributed by atoms with Crippen molar-refractivity contribution in [3.05, 3.63) is 77.1 Å². The van der Waals surface area contributed by atoms with E-state index < -0.39 is 36.7 Å². The Morgan fingerprint density at radius 1 is 1.09 bits per heavy atom. The number of likely N-dealkylation sites (N-methyl/N-ethyl adjacent to an activating group) is 1. The maximum Gasteiger partial charge on any atom is 0.338 e. The summed E-state index contributed by atoms with van der Waals surface area (Å²) in [6.07, 6.45) is 2.98. The van der Waals surface area contributed by atoms with Gasteiger partial charge in [0.2, 0.25) is 6.29 Å². The summed E-state index contributed by atoms with van der Waals surface area (Å²) < 4.78 is 15.6. The van der Waals surface area contributed by atoms with Gasteiger partial charge in [0.25, 0.3) is 0 Å². The highest BCUT2D eigenvalue weighted by Gasteiger charge is 2.28. The molecule has 12 heteroatoms. The molecule has 45 heavy (non-hydrogen) atoms. The largest absolute Gasteiger partial charge is 0.463 e. The van der Waals surface area contributed by atoms with Crippen molar-refractivity contribution >= 4 is 29.1 Å². The molecule has 2 atom stereocenters. The van der Waals surface area contributed by atoms with Crippen LogP contribution in [0.5, 0.6) is 0 Å². The monoisotopic (exact) mass is 623 g/mol. The summed E-state index contributed by atoms with van der Waals surface area (Å²) in [4.78, 5) is 42.2. The van der Waals surface area contributed by atoms with Gasteiger partial charge in [0.1, 0.15) is 12.7 Å². The van der Waals surface area contributed by atoms with E-state index in [-0.39, 0.29) is 32.5 Å². The summed E-state index contributed by atoms with van der Waals surface area (Å²) in [7, 11) is 1.56. The number of pyridine rings is 1. The van der Waals surface area contributed by atoms with Gasteiger partial charge in [-0.25, -0.2) is 4.79 Å². The highest BCUT2D eigenvalue weighted by molar-refractivity contribution is 5.82. The smallest absolute Gasteiger partial charge is 0.338 e. The van der Waals surface area contributed by atoms with Crippen LogP contribution in [0.25, 0.3) is 10.8 Å². The molecule has 1 heterocycles. The zero-order chi connectivity index (χ0) is 32.4. The number of nitrogens with zero attached hydrogens (tertiary/aromatic N) is 2. The molecule has 0 radical (unpaired) electrons. The number of urea groups is 1. The minimum atomic E-state index is -3.02. The zero-order valence-electron chi connectivity index (χ0n) is 25.6. The Morgan fingerprint density at radius 3 is 2.58 bits per heavy atom. The number of fused-ring (bicyclic) bond motifs is 1. The van der Waals surface area contributed by atoms with E-state index in [2.05, 4.69) is 28.0 Å². The lowest BCUT2D eigenvalue weighted by molar-refractivity contribution is -0.310. The Bertz CT molecular complexity index is 1460. The van der Waals surface area contributed by atoms with Crippen LogP contribution in [0.4, 0.5) is 4.79 Å². The molecule has 1 aromatic heterocycles. The van der Waals surface area contributed by atoms with E-state index >= 15 is 0 Å². The number of aliphatic hydroxyl groups is 3. The number of benzene rings is 2. The van der Waals surface area contributed by atoms with Gasteiger partial charge in [-0.2, -0.15) is 0 Å². The molecule has 4 N–H and O–H groups in total. The minimum absolute atomic E-state index is 0.0863. The Kier molecular flexibility index (Phi) is 12.0. The normalized spacial score (nSPS) is 14.5. The third-order valence-corrected chi connectivity index (χ3v) is 7.67. The maximum atomic E-state index is 13.2. The van der Waals surface area contributed by atoms with Crippen molar-refractivity contribution in [2.45, 2.75) is 63.2 Å². The molecule has 12 nitrogen and oxygen atoms in total. The summed E-state index contributed by atoms with van der Waals surface area (Å²) in [5.41, 5.74) is 4.29. The standard InChI is InChI=1S/C33H41N3O9/c1-22-6-5-9-26(31(22)23-10-11-23)16-35-32(40)36(2)28(17-43-19-29(38)20-45-33(41,42)21-37)18-44-30(39)13-12-27-14-24-7-3-4-8-25(24)15-34-27/h3-9,14-15,21,23,28-29,38,41-42H,10-13,16-20H2,1-2H3,(H,35,40)/t28-,29+/m0/s1. The Morgan fingerprint density at radius 2 is 1.84 bits per heavy atom. The summed E-state index contributed by atoms with van der Waals surface area (Å²) in [6.45, 7) is 1.22. The number of hydrogen-bond acceptors (Lipinski definition) is 10. The van der Waals surface area contributed by atoms with Crippen molar-refractivity contribution in [3.63, 3.8) is 0 Å². The van der Waals surface area contributed by atoms with Gasteiger partial charge in [-0.15, -0.1) is 0 Å². The van der Waals surface area contributed by atoms with Gasteiger partial charge in [-0.1, -0.05) is 42.5 Å². The molecule has 0 unspecified atom stereocenters. The first-order valence-corrected chi connectivity index (χ1v) is 15.0. The van der Waals surface area contributed by atoms with Crippen LogP contribution in [-0.2, 0) is 36.8 Å².